The maximum absolute atomic E-state index is 12.1. The summed E-state index contributed by atoms with van der Waals surface area (Å²) in [6.45, 7) is 1.75. The summed E-state index contributed by atoms with van der Waals surface area (Å²) in [4.78, 5) is 12.1. The number of hydrogen-bond donors (Lipinski definition) is 0. The van der Waals surface area contributed by atoms with Crippen molar-refractivity contribution >= 4 is 15.8 Å². The van der Waals surface area contributed by atoms with Crippen LogP contribution in [0.3, 0.4) is 0 Å². The fourth-order valence-electron chi connectivity index (χ4n) is 2.12. The Morgan fingerprint density at radius 1 is 1.13 bits per heavy atom. The molecule has 1 aromatic carbocycles. The van der Waals surface area contributed by atoms with E-state index < -0.39 is 10.1 Å². The minimum atomic E-state index is -3.84. The summed E-state index contributed by atoms with van der Waals surface area (Å²) >= 11 is 0. The first kappa shape index (κ1) is 15.4. The minimum Gasteiger partial charge on any atom is -0.264 e. The van der Waals surface area contributed by atoms with E-state index in [4.69, 9.17) is 4.18 Å². The topological polar surface area (TPSA) is 82.7 Å². The number of aryl methyl sites for hydroxylation is 1. The van der Waals surface area contributed by atoms with E-state index in [0.29, 0.717) is 5.65 Å². The van der Waals surface area contributed by atoms with Gasteiger partial charge in [0.05, 0.1) is 18.0 Å². The van der Waals surface area contributed by atoms with E-state index in [1.54, 1.807) is 36.5 Å². The summed E-state index contributed by atoms with van der Waals surface area (Å²) in [5, 5.41) is 4.11. The summed E-state index contributed by atoms with van der Waals surface area (Å²) in [5.74, 6) is 0. The molecule has 2 aromatic heterocycles. The van der Waals surface area contributed by atoms with Crippen LogP contribution in [0.15, 0.2) is 58.4 Å². The SMILES string of the molecule is Cc1ccc(S(=O)(=O)OCCn2nc3ccccn3c2=O)cc1. The lowest BCUT2D eigenvalue weighted by atomic mass is 10.2. The Balaban J connectivity index is 1.72. The number of hydrogen-bond acceptors (Lipinski definition) is 5. The molecule has 8 heteroatoms. The van der Waals surface area contributed by atoms with E-state index in [-0.39, 0.29) is 23.7 Å². The van der Waals surface area contributed by atoms with Gasteiger partial charge in [0.2, 0.25) is 0 Å². The smallest absolute Gasteiger partial charge is 0.264 e. The Hall–Kier alpha value is -2.45. The minimum absolute atomic E-state index is 0.0472. The molecule has 0 atom stereocenters. The Labute approximate surface area is 132 Å². The maximum Gasteiger partial charge on any atom is 0.350 e. The molecule has 0 bridgehead atoms. The molecule has 0 N–H and O–H groups in total. The van der Waals surface area contributed by atoms with Crippen LogP contribution in [-0.2, 0) is 20.8 Å². The van der Waals surface area contributed by atoms with E-state index in [1.807, 2.05) is 6.92 Å². The fourth-order valence-corrected chi connectivity index (χ4v) is 3.02. The second-order valence-electron chi connectivity index (χ2n) is 5.02. The van der Waals surface area contributed by atoms with Gasteiger partial charge in [0.15, 0.2) is 5.65 Å². The van der Waals surface area contributed by atoms with Crippen LogP contribution >= 0.6 is 0 Å². The molecule has 0 spiro atoms. The third-order valence-electron chi connectivity index (χ3n) is 3.34. The van der Waals surface area contributed by atoms with Crippen molar-refractivity contribution in [2.24, 2.45) is 0 Å². The zero-order chi connectivity index (χ0) is 16.4. The molecule has 0 unspecified atom stereocenters. The number of fused-ring (bicyclic) bond motifs is 1. The zero-order valence-electron chi connectivity index (χ0n) is 12.4. The van der Waals surface area contributed by atoms with Crippen molar-refractivity contribution in [1.29, 1.82) is 0 Å². The van der Waals surface area contributed by atoms with Gasteiger partial charge in [-0.2, -0.15) is 8.42 Å². The van der Waals surface area contributed by atoms with Crippen molar-refractivity contribution < 1.29 is 12.6 Å². The normalized spacial score (nSPS) is 11.9. The van der Waals surface area contributed by atoms with Crippen LogP contribution < -0.4 is 5.69 Å². The van der Waals surface area contributed by atoms with Gasteiger partial charge in [-0.3, -0.25) is 8.58 Å². The first-order valence-corrected chi connectivity index (χ1v) is 8.38. The molecule has 0 amide bonds. The van der Waals surface area contributed by atoms with Crippen LogP contribution in [0.1, 0.15) is 5.56 Å². The van der Waals surface area contributed by atoms with Gasteiger partial charge in [-0.25, -0.2) is 9.48 Å². The molecular weight excluding hydrogens is 318 g/mol. The van der Waals surface area contributed by atoms with E-state index in [0.717, 1.165) is 5.56 Å². The van der Waals surface area contributed by atoms with Crippen LogP contribution in [0.5, 0.6) is 0 Å². The molecule has 0 radical (unpaired) electrons. The first-order chi connectivity index (χ1) is 11.0. The fraction of sp³-hybridized carbons (Fsp3) is 0.200. The van der Waals surface area contributed by atoms with E-state index in [9.17, 15) is 13.2 Å². The van der Waals surface area contributed by atoms with Crippen molar-refractivity contribution in [3.8, 4) is 0 Å². The zero-order valence-corrected chi connectivity index (χ0v) is 13.2. The van der Waals surface area contributed by atoms with Crippen molar-refractivity contribution in [1.82, 2.24) is 14.2 Å². The van der Waals surface area contributed by atoms with Gasteiger partial charge in [-0.1, -0.05) is 23.8 Å². The first-order valence-electron chi connectivity index (χ1n) is 6.98. The van der Waals surface area contributed by atoms with Gasteiger partial charge >= 0.3 is 5.69 Å². The molecule has 0 aliphatic rings. The molecule has 3 rings (SSSR count). The van der Waals surface area contributed by atoms with Gasteiger partial charge in [0.25, 0.3) is 10.1 Å². The Kier molecular flexibility index (Phi) is 4.01. The van der Waals surface area contributed by atoms with Gasteiger partial charge < -0.3 is 0 Å². The largest absolute Gasteiger partial charge is 0.350 e. The van der Waals surface area contributed by atoms with Gasteiger partial charge in [-0.05, 0) is 31.2 Å². The second-order valence-corrected chi connectivity index (χ2v) is 6.64. The number of pyridine rings is 1. The monoisotopic (exact) mass is 333 g/mol. The molecule has 23 heavy (non-hydrogen) atoms. The number of nitrogens with zero attached hydrogens (tertiary/aromatic N) is 3. The second kappa shape index (κ2) is 5.98. The van der Waals surface area contributed by atoms with Crippen molar-refractivity contribution in [3.05, 3.63) is 64.7 Å². The molecule has 0 aliphatic carbocycles. The van der Waals surface area contributed by atoms with Crippen LogP contribution in [0.4, 0.5) is 0 Å². The summed E-state index contributed by atoms with van der Waals surface area (Å²) < 4.78 is 31.6. The highest BCUT2D eigenvalue weighted by Crippen LogP contribution is 2.13. The molecule has 0 fully saturated rings. The highest BCUT2D eigenvalue weighted by molar-refractivity contribution is 7.86. The standard InChI is InChI=1S/C15H15N3O4S/c1-12-5-7-13(8-6-12)23(20,21)22-11-10-18-15(19)17-9-3-2-4-14(17)16-18/h2-9H,10-11H2,1H3. The van der Waals surface area contributed by atoms with E-state index >= 15 is 0 Å². The van der Waals surface area contributed by atoms with Gasteiger partial charge in [0, 0.05) is 6.20 Å². The molecule has 0 saturated heterocycles. The van der Waals surface area contributed by atoms with Crippen LogP contribution in [0.25, 0.3) is 5.65 Å². The molecule has 0 saturated carbocycles. The summed E-state index contributed by atoms with van der Waals surface area (Å²) in [6.07, 6.45) is 1.60. The van der Waals surface area contributed by atoms with Crippen LogP contribution in [0.2, 0.25) is 0 Å². The van der Waals surface area contributed by atoms with E-state index in [1.165, 1.54) is 21.2 Å². The van der Waals surface area contributed by atoms with Crippen LogP contribution in [-0.4, -0.2) is 29.2 Å². The lowest BCUT2D eigenvalue weighted by Crippen LogP contribution is -2.24. The molecule has 3 aromatic rings. The predicted octanol–water partition coefficient (Wildman–Crippen LogP) is 1.21. The maximum atomic E-state index is 12.1. The highest BCUT2D eigenvalue weighted by Gasteiger charge is 2.15. The molecular formula is C15H15N3O4S. The van der Waals surface area contributed by atoms with Crippen molar-refractivity contribution in [2.75, 3.05) is 6.61 Å². The van der Waals surface area contributed by atoms with Crippen molar-refractivity contribution in [3.63, 3.8) is 0 Å². The third kappa shape index (κ3) is 3.17. The Bertz CT molecular complexity index is 987. The summed E-state index contributed by atoms with van der Waals surface area (Å²) in [6, 6.07) is 11.6. The van der Waals surface area contributed by atoms with E-state index in [2.05, 4.69) is 5.10 Å². The predicted molar refractivity (Wildman–Crippen MR) is 83.8 cm³/mol. The summed E-state index contributed by atoms with van der Waals surface area (Å²) in [5.41, 5.74) is 1.12. The molecule has 120 valence electrons. The molecule has 0 aliphatic heterocycles. The highest BCUT2D eigenvalue weighted by atomic mass is 32.2. The average molecular weight is 333 g/mol. The average Bonchev–Trinajstić information content (AvgIpc) is 2.84. The van der Waals surface area contributed by atoms with Crippen molar-refractivity contribution in [2.45, 2.75) is 18.4 Å². The quantitative estimate of drug-likeness (QED) is 0.656. The molecule has 2 heterocycles. The Morgan fingerprint density at radius 3 is 2.57 bits per heavy atom. The van der Waals surface area contributed by atoms with Gasteiger partial charge in [0.1, 0.15) is 0 Å². The summed E-state index contributed by atoms with van der Waals surface area (Å²) in [7, 11) is -3.84. The molecule has 7 nitrogen and oxygen atoms in total. The number of rotatable bonds is 5. The number of benzene rings is 1. The Morgan fingerprint density at radius 2 is 1.87 bits per heavy atom. The number of aromatic nitrogens is 3. The van der Waals surface area contributed by atoms with Crippen LogP contribution in [0, 0.1) is 6.92 Å². The lowest BCUT2D eigenvalue weighted by molar-refractivity contribution is 0.292. The lowest BCUT2D eigenvalue weighted by Gasteiger charge is -2.05. The van der Waals surface area contributed by atoms with Gasteiger partial charge in [-0.15, -0.1) is 5.10 Å². The third-order valence-corrected chi connectivity index (χ3v) is 4.67.